The monoisotopic (exact) mass is 456 g/mol. The molecule has 2 aromatic carbocycles. The molecular weight excluding hydrogens is 428 g/mol. The standard InChI is InChI=1S/C26H28N6O2/c1-34-23-8-3-2-7-21(23)24-22-16-20(17-28-25(22)30-29-24)18-5-4-6-19(15-18)26(33)32-13-11-31(10-9-27)12-14-32/h2-8,15-17H,9-14,27H2,1H3,(H,28,29,30). The summed E-state index contributed by atoms with van der Waals surface area (Å²) in [4.78, 5) is 21.9. The molecule has 1 amide bonds. The number of carbonyl (C=O) groups excluding carboxylic acids is 1. The lowest BCUT2D eigenvalue weighted by Gasteiger charge is -2.34. The molecule has 1 aliphatic heterocycles. The van der Waals surface area contributed by atoms with Crippen molar-refractivity contribution < 1.29 is 9.53 Å². The average molecular weight is 457 g/mol. The van der Waals surface area contributed by atoms with Gasteiger partial charge >= 0.3 is 0 Å². The minimum absolute atomic E-state index is 0.0568. The molecule has 3 heterocycles. The summed E-state index contributed by atoms with van der Waals surface area (Å²) in [5, 5.41) is 8.37. The zero-order chi connectivity index (χ0) is 23.5. The number of hydrogen-bond donors (Lipinski definition) is 2. The fraction of sp³-hybridized carbons (Fsp3) is 0.269. The van der Waals surface area contributed by atoms with Crippen LogP contribution in [0.4, 0.5) is 0 Å². The van der Waals surface area contributed by atoms with Crippen LogP contribution in [0.25, 0.3) is 33.4 Å². The second-order valence-electron chi connectivity index (χ2n) is 8.40. The van der Waals surface area contributed by atoms with E-state index in [1.165, 1.54) is 0 Å². The lowest BCUT2D eigenvalue weighted by atomic mass is 10.0. The van der Waals surface area contributed by atoms with Crippen molar-refractivity contribution >= 4 is 16.9 Å². The molecule has 5 rings (SSSR count). The maximum Gasteiger partial charge on any atom is 0.253 e. The van der Waals surface area contributed by atoms with Gasteiger partial charge in [-0.2, -0.15) is 5.10 Å². The Morgan fingerprint density at radius 2 is 1.88 bits per heavy atom. The summed E-state index contributed by atoms with van der Waals surface area (Å²) < 4.78 is 5.53. The highest BCUT2D eigenvalue weighted by atomic mass is 16.5. The van der Waals surface area contributed by atoms with Gasteiger partial charge in [-0.05, 0) is 35.9 Å². The highest BCUT2D eigenvalue weighted by molar-refractivity contribution is 5.97. The summed E-state index contributed by atoms with van der Waals surface area (Å²) in [6.45, 7) is 4.66. The van der Waals surface area contributed by atoms with E-state index < -0.39 is 0 Å². The Morgan fingerprint density at radius 3 is 2.68 bits per heavy atom. The largest absolute Gasteiger partial charge is 0.496 e. The Bertz CT molecular complexity index is 1310. The van der Waals surface area contributed by atoms with E-state index in [-0.39, 0.29) is 5.91 Å². The number of methoxy groups -OCH3 is 1. The van der Waals surface area contributed by atoms with Crippen LogP contribution in [0.1, 0.15) is 10.4 Å². The van der Waals surface area contributed by atoms with Crippen LogP contribution in [-0.2, 0) is 0 Å². The predicted octanol–water partition coefficient (Wildman–Crippen LogP) is 3.02. The van der Waals surface area contributed by atoms with E-state index in [0.717, 1.165) is 53.2 Å². The number of amides is 1. The van der Waals surface area contributed by atoms with Crippen LogP contribution in [0.2, 0.25) is 0 Å². The summed E-state index contributed by atoms with van der Waals surface area (Å²) >= 11 is 0. The summed E-state index contributed by atoms with van der Waals surface area (Å²) in [6, 6.07) is 17.6. The number of H-pyrrole nitrogens is 1. The second-order valence-corrected chi connectivity index (χ2v) is 8.40. The molecule has 1 aliphatic rings. The molecule has 0 spiro atoms. The van der Waals surface area contributed by atoms with E-state index in [2.05, 4.69) is 26.1 Å². The molecule has 2 aromatic heterocycles. The highest BCUT2D eigenvalue weighted by Gasteiger charge is 2.22. The first kappa shape index (κ1) is 22.1. The molecule has 3 N–H and O–H groups in total. The molecule has 0 unspecified atom stereocenters. The lowest BCUT2D eigenvalue weighted by molar-refractivity contribution is 0.0641. The Hall–Kier alpha value is -3.75. The van der Waals surface area contributed by atoms with Crippen LogP contribution in [-0.4, -0.2) is 77.3 Å². The van der Waals surface area contributed by atoms with Crippen molar-refractivity contribution in [2.45, 2.75) is 0 Å². The normalized spacial score (nSPS) is 14.5. The maximum atomic E-state index is 13.2. The number of carbonyl (C=O) groups is 1. The maximum absolute atomic E-state index is 13.2. The highest BCUT2D eigenvalue weighted by Crippen LogP contribution is 2.34. The first-order chi connectivity index (χ1) is 16.7. The van der Waals surface area contributed by atoms with E-state index in [4.69, 9.17) is 10.5 Å². The van der Waals surface area contributed by atoms with Gasteiger partial charge in [0.2, 0.25) is 0 Å². The van der Waals surface area contributed by atoms with E-state index >= 15 is 0 Å². The Morgan fingerprint density at radius 1 is 1.06 bits per heavy atom. The molecule has 1 fully saturated rings. The molecule has 8 heteroatoms. The average Bonchev–Trinajstić information content (AvgIpc) is 3.32. The van der Waals surface area contributed by atoms with Gasteiger partial charge in [0.25, 0.3) is 5.91 Å². The summed E-state index contributed by atoms with van der Waals surface area (Å²) in [6.07, 6.45) is 1.80. The van der Waals surface area contributed by atoms with Crippen molar-refractivity contribution in [3.63, 3.8) is 0 Å². The third kappa shape index (κ3) is 4.25. The van der Waals surface area contributed by atoms with Crippen molar-refractivity contribution in [1.29, 1.82) is 0 Å². The Balaban J connectivity index is 1.43. The molecule has 0 aliphatic carbocycles. The summed E-state index contributed by atoms with van der Waals surface area (Å²) in [5.41, 5.74) is 10.6. The van der Waals surface area contributed by atoms with E-state index in [1.54, 1.807) is 13.3 Å². The van der Waals surface area contributed by atoms with Crippen molar-refractivity contribution in [2.75, 3.05) is 46.4 Å². The van der Waals surface area contributed by atoms with Gasteiger partial charge in [-0.25, -0.2) is 4.98 Å². The Kier molecular flexibility index (Phi) is 6.24. The molecule has 34 heavy (non-hydrogen) atoms. The first-order valence-corrected chi connectivity index (χ1v) is 11.5. The molecule has 174 valence electrons. The fourth-order valence-electron chi connectivity index (χ4n) is 4.49. The number of piperazine rings is 1. The van der Waals surface area contributed by atoms with Gasteiger partial charge in [0.05, 0.1) is 12.8 Å². The number of benzene rings is 2. The number of nitrogens with two attached hydrogens (primary N) is 1. The Labute approximate surface area is 198 Å². The number of rotatable bonds is 6. The zero-order valence-corrected chi connectivity index (χ0v) is 19.2. The van der Waals surface area contributed by atoms with Gasteiger partial charge in [0.15, 0.2) is 5.65 Å². The molecule has 0 bridgehead atoms. The number of aromatic nitrogens is 3. The van der Waals surface area contributed by atoms with Crippen LogP contribution in [0, 0.1) is 0 Å². The van der Waals surface area contributed by atoms with Crippen molar-refractivity contribution in [3.05, 3.63) is 66.4 Å². The predicted molar refractivity (Wildman–Crippen MR) is 133 cm³/mol. The number of nitrogens with zero attached hydrogens (tertiary/aromatic N) is 4. The van der Waals surface area contributed by atoms with E-state index in [9.17, 15) is 4.79 Å². The zero-order valence-electron chi connectivity index (χ0n) is 19.2. The van der Waals surface area contributed by atoms with Gasteiger partial charge in [0, 0.05) is 67.5 Å². The number of hydrogen-bond acceptors (Lipinski definition) is 6. The lowest BCUT2D eigenvalue weighted by Crippen LogP contribution is -2.49. The van der Waals surface area contributed by atoms with Gasteiger partial charge in [-0.3, -0.25) is 14.8 Å². The number of pyridine rings is 1. The molecule has 8 nitrogen and oxygen atoms in total. The molecule has 1 saturated heterocycles. The third-order valence-electron chi connectivity index (χ3n) is 6.33. The first-order valence-electron chi connectivity index (χ1n) is 11.5. The molecule has 4 aromatic rings. The summed E-state index contributed by atoms with van der Waals surface area (Å²) in [7, 11) is 1.65. The number of fused-ring (bicyclic) bond motifs is 1. The van der Waals surface area contributed by atoms with Crippen molar-refractivity contribution in [2.24, 2.45) is 5.73 Å². The minimum atomic E-state index is 0.0568. The van der Waals surface area contributed by atoms with Crippen molar-refractivity contribution in [1.82, 2.24) is 25.0 Å². The van der Waals surface area contributed by atoms with E-state index in [1.807, 2.05) is 53.4 Å². The molecule has 0 radical (unpaired) electrons. The fourth-order valence-corrected chi connectivity index (χ4v) is 4.49. The van der Waals surface area contributed by atoms with Crippen LogP contribution in [0.15, 0.2) is 60.8 Å². The van der Waals surface area contributed by atoms with Crippen LogP contribution >= 0.6 is 0 Å². The van der Waals surface area contributed by atoms with Crippen LogP contribution < -0.4 is 10.5 Å². The molecule has 0 atom stereocenters. The second kappa shape index (κ2) is 9.62. The van der Waals surface area contributed by atoms with E-state index in [0.29, 0.717) is 30.8 Å². The number of para-hydroxylation sites is 1. The number of aromatic amines is 1. The minimum Gasteiger partial charge on any atom is -0.496 e. The smallest absolute Gasteiger partial charge is 0.253 e. The van der Waals surface area contributed by atoms with Crippen LogP contribution in [0.3, 0.4) is 0 Å². The summed E-state index contributed by atoms with van der Waals surface area (Å²) in [5.74, 6) is 0.818. The van der Waals surface area contributed by atoms with Gasteiger partial charge < -0.3 is 15.4 Å². The van der Waals surface area contributed by atoms with Crippen molar-refractivity contribution in [3.8, 4) is 28.1 Å². The van der Waals surface area contributed by atoms with Gasteiger partial charge in [-0.15, -0.1) is 0 Å². The third-order valence-corrected chi connectivity index (χ3v) is 6.33. The topological polar surface area (TPSA) is 100 Å². The molecule has 0 saturated carbocycles. The molecular formula is C26H28N6O2. The number of nitrogens with one attached hydrogen (secondary N) is 1. The van der Waals surface area contributed by atoms with Gasteiger partial charge in [-0.1, -0.05) is 24.3 Å². The SMILES string of the molecule is COc1ccccc1-c1[nH]nc2ncc(-c3cccc(C(=O)N4CCN(CCN)CC4)c3)cc12. The quantitative estimate of drug-likeness (QED) is 0.463. The van der Waals surface area contributed by atoms with Crippen LogP contribution in [0.5, 0.6) is 5.75 Å². The van der Waals surface area contributed by atoms with Gasteiger partial charge in [0.1, 0.15) is 5.75 Å². The number of ether oxygens (including phenoxy) is 1.